The first-order valence-electron chi connectivity index (χ1n) is 6.82. The van der Waals surface area contributed by atoms with Crippen LogP contribution in [-0.4, -0.2) is 26.6 Å². The zero-order valence-corrected chi connectivity index (χ0v) is 11.6. The van der Waals surface area contributed by atoms with Crippen molar-refractivity contribution in [2.75, 3.05) is 5.32 Å². The van der Waals surface area contributed by atoms with E-state index >= 15 is 0 Å². The van der Waals surface area contributed by atoms with Crippen LogP contribution >= 0.6 is 0 Å². The number of hydrogen-bond acceptors (Lipinski definition) is 4. The number of pyridine rings is 1. The maximum atomic E-state index is 13.6. The highest BCUT2D eigenvalue weighted by Crippen LogP contribution is 2.34. The van der Waals surface area contributed by atoms with Gasteiger partial charge in [-0.3, -0.25) is 9.59 Å². The van der Waals surface area contributed by atoms with Gasteiger partial charge >= 0.3 is 0 Å². The summed E-state index contributed by atoms with van der Waals surface area (Å²) in [5.74, 6) is -2.04. The van der Waals surface area contributed by atoms with E-state index in [1.54, 1.807) is 0 Å². The van der Waals surface area contributed by atoms with Gasteiger partial charge < -0.3 is 11.1 Å². The first kappa shape index (κ1) is 14.2. The van der Waals surface area contributed by atoms with Crippen LogP contribution in [-0.2, 0) is 9.59 Å². The highest BCUT2D eigenvalue weighted by Gasteiger charge is 2.40. The molecule has 1 fully saturated rings. The van der Waals surface area contributed by atoms with Crippen molar-refractivity contribution in [3.05, 3.63) is 36.5 Å². The van der Waals surface area contributed by atoms with Crippen molar-refractivity contribution in [2.45, 2.75) is 12.8 Å². The number of nitrogens with two attached hydrogens (primary N) is 1. The molecular weight excluding hydrogens is 289 g/mol. The Morgan fingerprint density at radius 3 is 2.77 bits per heavy atom. The molecule has 2 aromatic rings. The van der Waals surface area contributed by atoms with Crippen molar-refractivity contribution in [3.63, 3.8) is 0 Å². The van der Waals surface area contributed by atoms with Crippen LogP contribution < -0.4 is 11.1 Å². The lowest BCUT2D eigenvalue weighted by Crippen LogP contribution is -2.43. The summed E-state index contributed by atoms with van der Waals surface area (Å²) in [6.45, 7) is 0. The first-order chi connectivity index (χ1) is 10.6. The number of nitrogens with one attached hydrogen (secondary N) is 1. The topological polar surface area (TPSA) is 103 Å². The summed E-state index contributed by atoms with van der Waals surface area (Å²) >= 11 is 0. The number of rotatable bonds is 4. The molecule has 2 aromatic heterocycles. The summed E-state index contributed by atoms with van der Waals surface area (Å²) in [5, 5.41) is 6.62. The van der Waals surface area contributed by atoms with Gasteiger partial charge in [0.05, 0.1) is 18.1 Å². The SMILES string of the molecule is NC(=O)C1CCC1C(=O)Nc1cnn(-c2ncccc2F)c1. The number of carbonyl (C=O) groups excluding carboxylic acids is 2. The lowest BCUT2D eigenvalue weighted by Gasteiger charge is -2.32. The maximum Gasteiger partial charge on any atom is 0.228 e. The Morgan fingerprint density at radius 2 is 2.14 bits per heavy atom. The van der Waals surface area contributed by atoms with Crippen LogP contribution in [0.15, 0.2) is 30.7 Å². The average Bonchev–Trinajstić information content (AvgIpc) is 2.85. The minimum Gasteiger partial charge on any atom is -0.369 e. The third-order valence-electron chi connectivity index (χ3n) is 3.78. The van der Waals surface area contributed by atoms with Crippen LogP contribution in [0.2, 0.25) is 0 Å². The van der Waals surface area contributed by atoms with Crippen LogP contribution in [0.25, 0.3) is 5.82 Å². The number of aromatic nitrogens is 3. The van der Waals surface area contributed by atoms with E-state index in [1.807, 2.05) is 0 Å². The largest absolute Gasteiger partial charge is 0.369 e. The number of nitrogens with zero attached hydrogens (tertiary/aromatic N) is 3. The van der Waals surface area contributed by atoms with E-state index in [2.05, 4.69) is 15.4 Å². The second kappa shape index (κ2) is 5.55. The molecule has 0 saturated heterocycles. The second-order valence-electron chi connectivity index (χ2n) is 5.16. The minimum atomic E-state index is -0.517. The van der Waals surface area contributed by atoms with Gasteiger partial charge in [0.2, 0.25) is 11.8 Å². The molecule has 2 atom stereocenters. The van der Waals surface area contributed by atoms with Gasteiger partial charge in [0.1, 0.15) is 0 Å². The quantitative estimate of drug-likeness (QED) is 0.874. The van der Waals surface area contributed by atoms with Crippen LogP contribution in [0, 0.1) is 17.7 Å². The predicted octanol–water partition coefficient (Wildman–Crippen LogP) is 0.856. The van der Waals surface area contributed by atoms with Crippen molar-refractivity contribution >= 4 is 17.5 Å². The summed E-state index contributed by atoms with van der Waals surface area (Å²) in [6, 6.07) is 2.75. The highest BCUT2D eigenvalue weighted by molar-refractivity contribution is 5.96. The maximum absolute atomic E-state index is 13.6. The predicted molar refractivity (Wildman–Crippen MR) is 75.4 cm³/mol. The van der Waals surface area contributed by atoms with Gasteiger partial charge in [-0.1, -0.05) is 0 Å². The molecule has 3 N–H and O–H groups in total. The molecule has 1 aliphatic carbocycles. The Balaban J connectivity index is 1.71. The third-order valence-corrected chi connectivity index (χ3v) is 3.78. The van der Waals surface area contributed by atoms with Crippen LogP contribution in [0.1, 0.15) is 12.8 Å². The van der Waals surface area contributed by atoms with E-state index < -0.39 is 23.6 Å². The van der Waals surface area contributed by atoms with Gasteiger partial charge in [-0.25, -0.2) is 14.1 Å². The van der Waals surface area contributed by atoms with Crippen LogP contribution in [0.4, 0.5) is 10.1 Å². The Kier molecular flexibility index (Phi) is 3.58. The Hall–Kier alpha value is -2.77. The van der Waals surface area contributed by atoms with Gasteiger partial charge in [-0.2, -0.15) is 5.10 Å². The number of anilines is 1. The Labute approximate surface area is 125 Å². The number of amides is 2. The summed E-state index contributed by atoms with van der Waals surface area (Å²) < 4.78 is 14.9. The monoisotopic (exact) mass is 303 g/mol. The van der Waals surface area contributed by atoms with Crippen molar-refractivity contribution in [1.82, 2.24) is 14.8 Å². The zero-order chi connectivity index (χ0) is 15.7. The standard InChI is InChI=1S/C14H14FN5O2/c15-11-2-1-5-17-13(11)20-7-8(6-18-20)19-14(22)10-4-3-9(10)12(16)21/h1-2,5-7,9-10H,3-4H2,(H2,16,21)(H,19,22). The molecule has 0 aromatic carbocycles. The lowest BCUT2D eigenvalue weighted by atomic mass is 9.72. The molecule has 0 bridgehead atoms. The minimum absolute atomic E-state index is 0.0432. The molecular formula is C14H14FN5O2. The summed E-state index contributed by atoms with van der Waals surface area (Å²) in [7, 11) is 0. The normalized spacial score (nSPS) is 20.2. The molecule has 114 valence electrons. The van der Waals surface area contributed by atoms with Gasteiger partial charge in [-0.05, 0) is 25.0 Å². The molecule has 8 heteroatoms. The summed E-state index contributed by atoms with van der Waals surface area (Å²) in [6.07, 6.45) is 5.56. The number of primary amides is 1. The molecule has 0 spiro atoms. The van der Waals surface area contributed by atoms with E-state index in [1.165, 1.54) is 35.4 Å². The third kappa shape index (κ3) is 2.54. The fourth-order valence-electron chi connectivity index (χ4n) is 2.44. The molecule has 1 aliphatic rings. The number of halogens is 1. The highest BCUT2D eigenvalue weighted by atomic mass is 19.1. The molecule has 2 amide bonds. The Bertz CT molecular complexity index is 730. The van der Waals surface area contributed by atoms with Crippen molar-refractivity contribution in [1.29, 1.82) is 0 Å². The van der Waals surface area contributed by atoms with Gasteiger partial charge in [0.25, 0.3) is 0 Å². The van der Waals surface area contributed by atoms with E-state index in [0.29, 0.717) is 18.5 Å². The zero-order valence-electron chi connectivity index (χ0n) is 11.6. The van der Waals surface area contributed by atoms with Gasteiger partial charge in [0, 0.05) is 18.0 Å². The fourth-order valence-corrected chi connectivity index (χ4v) is 2.44. The van der Waals surface area contributed by atoms with Crippen molar-refractivity contribution in [2.24, 2.45) is 17.6 Å². The number of carbonyl (C=O) groups is 2. The molecule has 2 heterocycles. The second-order valence-corrected chi connectivity index (χ2v) is 5.16. The smallest absolute Gasteiger partial charge is 0.228 e. The van der Waals surface area contributed by atoms with Crippen molar-refractivity contribution in [3.8, 4) is 5.82 Å². The molecule has 2 unspecified atom stereocenters. The molecule has 3 rings (SSSR count). The van der Waals surface area contributed by atoms with E-state index in [9.17, 15) is 14.0 Å². The molecule has 7 nitrogen and oxygen atoms in total. The lowest BCUT2D eigenvalue weighted by molar-refractivity contribution is -0.135. The fraction of sp³-hybridized carbons (Fsp3) is 0.286. The van der Waals surface area contributed by atoms with E-state index in [4.69, 9.17) is 5.73 Å². The first-order valence-corrected chi connectivity index (χ1v) is 6.82. The average molecular weight is 303 g/mol. The summed E-state index contributed by atoms with van der Waals surface area (Å²) in [4.78, 5) is 27.1. The van der Waals surface area contributed by atoms with E-state index in [0.717, 1.165) is 0 Å². The molecule has 22 heavy (non-hydrogen) atoms. The molecule has 0 radical (unpaired) electrons. The van der Waals surface area contributed by atoms with Crippen molar-refractivity contribution < 1.29 is 14.0 Å². The summed E-state index contributed by atoms with van der Waals surface area (Å²) in [5.41, 5.74) is 5.64. The molecule has 0 aliphatic heterocycles. The molecule has 1 saturated carbocycles. The van der Waals surface area contributed by atoms with Gasteiger partial charge in [-0.15, -0.1) is 0 Å². The van der Waals surface area contributed by atoms with E-state index in [-0.39, 0.29) is 11.7 Å². The Morgan fingerprint density at radius 1 is 1.36 bits per heavy atom. The van der Waals surface area contributed by atoms with Gasteiger partial charge in [0.15, 0.2) is 11.6 Å². The van der Waals surface area contributed by atoms with Crippen LogP contribution in [0.5, 0.6) is 0 Å². The van der Waals surface area contributed by atoms with Crippen LogP contribution in [0.3, 0.4) is 0 Å². The number of hydrogen-bond donors (Lipinski definition) is 2.